The molecule has 0 spiro atoms. The zero-order valence-corrected chi connectivity index (χ0v) is 12.9. The molecule has 104 valence electrons. The molecule has 1 atom stereocenters. The minimum absolute atomic E-state index is 0.102. The maximum Gasteiger partial charge on any atom is 0.225 e. The first-order chi connectivity index (χ1) is 9.18. The molecule has 1 aromatic rings. The summed E-state index contributed by atoms with van der Waals surface area (Å²) < 4.78 is 1.14. The van der Waals surface area contributed by atoms with Gasteiger partial charge in [-0.1, -0.05) is 41.1 Å². The molecule has 2 rings (SSSR count). The molecule has 4 heteroatoms. The quantitative estimate of drug-likeness (QED) is 0.922. The van der Waals surface area contributed by atoms with Crippen molar-refractivity contribution in [1.82, 2.24) is 10.2 Å². The van der Waals surface area contributed by atoms with E-state index in [1.165, 1.54) is 5.56 Å². The fraction of sp³-hybridized carbons (Fsp3) is 0.533. The molecule has 0 aliphatic carbocycles. The van der Waals surface area contributed by atoms with E-state index in [2.05, 4.69) is 33.4 Å². The highest BCUT2D eigenvalue weighted by Gasteiger charge is 2.21. The normalized spacial score (nSPS) is 17.3. The molecule has 0 saturated carbocycles. The zero-order chi connectivity index (χ0) is 13.7. The van der Waals surface area contributed by atoms with Gasteiger partial charge >= 0.3 is 0 Å². The second-order valence-corrected chi connectivity index (χ2v) is 5.96. The number of amides is 1. The van der Waals surface area contributed by atoms with Gasteiger partial charge < -0.3 is 10.2 Å². The molecule has 19 heavy (non-hydrogen) atoms. The summed E-state index contributed by atoms with van der Waals surface area (Å²) in [5.74, 6) is 0.402. The molecule has 1 saturated heterocycles. The molecule has 3 nitrogen and oxygen atoms in total. The van der Waals surface area contributed by atoms with Crippen molar-refractivity contribution in [3.05, 3.63) is 34.3 Å². The highest BCUT2D eigenvalue weighted by atomic mass is 79.9. The number of hydrogen-bond donors (Lipinski definition) is 1. The highest BCUT2D eigenvalue weighted by molar-refractivity contribution is 9.10. The van der Waals surface area contributed by atoms with E-state index in [4.69, 9.17) is 0 Å². The van der Waals surface area contributed by atoms with Crippen LogP contribution in [0, 0.1) is 5.92 Å². The topological polar surface area (TPSA) is 32.3 Å². The van der Waals surface area contributed by atoms with Crippen LogP contribution in [-0.2, 0) is 11.2 Å². The standard InChI is InChI=1S/C15H21BrN2O/c1-12(15(19)18-10-8-17-9-11-18)6-7-13-4-2-3-5-14(13)16/h2-5,12,17H,6-11H2,1H3. The van der Waals surface area contributed by atoms with Crippen LogP contribution < -0.4 is 5.32 Å². The Morgan fingerprint density at radius 1 is 1.37 bits per heavy atom. The number of benzene rings is 1. The van der Waals surface area contributed by atoms with Crippen LogP contribution in [0.1, 0.15) is 18.9 Å². The van der Waals surface area contributed by atoms with Crippen LogP contribution in [0.15, 0.2) is 28.7 Å². The predicted molar refractivity (Wildman–Crippen MR) is 81.1 cm³/mol. The van der Waals surface area contributed by atoms with E-state index < -0.39 is 0 Å². The first-order valence-corrected chi connectivity index (χ1v) is 7.70. The van der Waals surface area contributed by atoms with Crippen LogP contribution in [-0.4, -0.2) is 37.0 Å². The molecule has 0 bridgehead atoms. The molecule has 1 heterocycles. The Morgan fingerprint density at radius 2 is 2.05 bits per heavy atom. The van der Waals surface area contributed by atoms with Crippen molar-refractivity contribution in [3.8, 4) is 0 Å². The SMILES string of the molecule is CC(CCc1ccccc1Br)C(=O)N1CCNCC1. The molecule has 1 amide bonds. The largest absolute Gasteiger partial charge is 0.340 e. The lowest BCUT2D eigenvalue weighted by molar-refractivity contribution is -0.135. The van der Waals surface area contributed by atoms with Crippen molar-refractivity contribution < 1.29 is 4.79 Å². The second-order valence-electron chi connectivity index (χ2n) is 5.11. The maximum absolute atomic E-state index is 12.3. The van der Waals surface area contributed by atoms with Gasteiger partial charge in [0.25, 0.3) is 0 Å². The van der Waals surface area contributed by atoms with Gasteiger partial charge in [0.1, 0.15) is 0 Å². The number of rotatable bonds is 4. The van der Waals surface area contributed by atoms with E-state index in [1.807, 2.05) is 24.0 Å². The van der Waals surface area contributed by atoms with Crippen molar-refractivity contribution in [2.24, 2.45) is 5.92 Å². The van der Waals surface area contributed by atoms with Crippen LogP contribution in [0.3, 0.4) is 0 Å². The number of piperazine rings is 1. The van der Waals surface area contributed by atoms with Crippen molar-refractivity contribution in [2.75, 3.05) is 26.2 Å². The fourth-order valence-corrected chi connectivity index (χ4v) is 2.88. The third-order valence-corrected chi connectivity index (χ3v) is 4.43. The van der Waals surface area contributed by atoms with Crippen molar-refractivity contribution in [2.45, 2.75) is 19.8 Å². The Balaban J connectivity index is 1.85. The molecule has 1 fully saturated rings. The number of carbonyl (C=O) groups is 1. The monoisotopic (exact) mass is 324 g/mol. The Bertz CT molecular complexity index is 430. The van der Waals surface area contributed by atoms with Gasteiger partial charge in [-0.3, -0.25) is 4.79 Å². The second kappa shape index (κ2) is 7.06. The van der Waals surface area contributed by atoms with E-state index >= 15 is 0 Å². The van der Waals surface area contributed by atoms with Gasteiger partial charge in [0.05, 0.1) is 0 Å². The molecular weight excluding hydrogens is 304 g/mol. The number of aryl methyl sites for hydroxylation is 1. The number of halogens is 1. The number of hydrogen-bond acceptors (Lipinski definition) is 2. The molecule has 1 N–H and O–H groups in total. The van der Waals surface area contributed by atoms with E-state index in [0.29, 0.717) is 5.91 Å². The summed E-state index contributed by atoms with van der Waals surface area (Å²) in [6, 6.07) is 8.23. The Kier molecular flexibility index (Phi) is 5.40. The summed E-state index contributed by atoms with van der Waals surface area (Å²) in [7, 11) is 0. The lowest BCUT2D eigenvalue weighted by Gasteiger charge is -2.29. The van der Waals surface area contributed by atoms with Gasteiger partial charge in [-0.15, -0.1) is 0 Å². The minimum Gasteiger partial charge on any atom is -0.340 e. The predicted octanol–water partition coefficient (Wildman–Crippen LogP) is 2.45. The first kappa shape index (κ1) is 14.5. The van der Waals surface area contributed by atoms with E-state index in [9.17, 15) is 4.79 Å². The third kappa shape index (κ3) is 4.05. The number of nitrogens with one attached hydrogen (secondary N) is 1. The van der Waals surface area contributed by atoms with Crippen LogP contribution in [0.5, 0.6) is 0 Å². The van der Waals surface area contributed by atoms with E-state index in [-0.39, 0.29) is 5.92 Å². The molecule has 0 aromatic heterocycles. The van der Waals surface area contributed by atoms with Crippen molar-refractivity contribution >= 4 is 21.8 Å². The highest BCUT2D eigenvalue weighted by Crippen LogP contribution is 2.20. The van der Waals surface area contributed by atoms with E-state index in [1.54, 1.807) is 0 Å². The molecule has 1 aromatic carbocycles. The van der Waals surface area contributed by atoms with Crippen molar-refractivity contribution in [3.63, 3.8) is 0 Å². The van der Waals surface area contributed by atoms with Crippen molar-refractivity contribution in [1.29, 1.82) is 0 Å². The lowest BCUT2D eigenvalue weighted by Crippen LogP contribution is -2.48. The minimum atomic E-state index is 0.102. The summed E-state index contributed by atoms with van der Waals surface area (Å²) in [6.45, 7) is 5.57. The zero-order valence-electron chi connectivity index (χ0n) is 11.4. The number of carbonyl (C=O) groups excluding carboxylic acids is 1. The van der Waals surface area contributed by atoms with Gasteiger partial charge in [-0.05, 0) is 24.5 Å². The first-order valence-electron chi connectivity index (χ1n) is 6.91. The number of nitrogens with zero attached hydrogens (tertiary/aromatic N) is 1. The van der Waals surface area contributed by atoms with E-state index in [0.717, 1.165) is 43.5 Å². The summed E-state index contributed by atoms with van der Waals surface area (Å²) in [6.07, 6.45) is 1.85. The summed E-state index contributed by atoms with van der Waals surface area (Å²) in [4.78, 5) is 14.3. The van der Waals surface area contributed by atoms with Gasteiger partial charge in [-0.25, -0.2) is 0 Å². The van der Waals surface area contributed by atoms with Gasteiger partial charge in [0.15, 0.2) is 0 Å². The molecule has 0 radical (unpaired) electrons. The summed E-state index contributed by atoms with van der Waals surface area (Å²) >= 11 is 3.56. The lowest BCUT2D eigenvalue weighted by atomic mass is 9.99. The van der Waals surface area contributed by atoms with Crippen LogP contribution in [0.2, 0.25) is 0 Å². The molecule has 1 unspecified atom stereocenters. The fourth-order valence-electron chi connectivity index (χ4n) is 2.39. The maximum atomic E-state index is 12.3. The third-order valence-electron chi connectivity index (χ3n) is 3.65. The molecular formula is C15H21BrN2O. The van der Waals surface area contributed by atoms with Crippen LogP contribution in [0.4, 0.5) is 0 Å². The van der Waals surface area contributed by atoms with Crippen LogP contribution >= 0.6 is 15.9 Å². The Morgan fingerprint density at radius 3 is 2.74 bits per heavy atom. The smallest absolute Gasteiger partial charge is 0.225 e. The average Bonchev–Trinajstić information content (AvgIpc) is 2.46. The van der Waals surface area contributed by atoms with Gasteiger partial charge in [-0.2, -0.15) is 0 Å². The van der Waals surface area contributed by atoms with Crippen LogP contribution in [0.25, 0.3) is 0 Å². The van der Waals surface area contributed by atoms with Gasteiger partial charge in [0, 0.05) is 36.6 Å². The summed E-state index contributed by atoms with van der Waals surface area (Å²) in [5, 5.41) is 3.27. The Hall–Kier alpha value is -0.870. The van der Waals surface area contributed by atoms with Gasteiger partial charge in [0.2, 0.25) is 5.91 Å². The molecule has 1 aliphatic rings. The average molecular weight is 325 g/mol. The molecule has 1 aliphatic heterocycles. The summed E-state index contributed by atoms with van der Waals surface area (Å²) in [5.41, 5.74) is 1.28. The Labute approximate surface area is 123 Å².